The number of nitro groups is 1. The van der Waals surface area contributed by atoms with Crippen molar-refractivity contribution in [1.29, 1.82) is 0 Å². The highest BCUT2D eigenvalue weighted by Gasteiger charge is 2.18. The van der Waals surface area contributed by atoms with E-state index >= 15 is 0 Å². The SMILES string of the molecule is COc1cccc(CNC(=O)C(C)n2cc([N+](=O)[O-])cn2)c1. The summed E-state index contributed by atoms with van der Waals surface area (Å²) >= 11 is 0. The Morgan fingerprint density at radius 2 is 2.32 bits per heavy atom. The summed E-state index contributed by atoms with van der Waals surface area (Å²) in [6.45, 7) is 1.96. The van der Waals surface area contributed by atoms with Gasteiger partial charge in [0, 0.05) is 6.54 Å². The van der Waals surface area contributed by atoms with Gasteiger partial charge in [0.05, 0.1) is 12.0 Å². The van der Waals surface area contributed by atoms with Gasteiger partial charge in [0.25, 0.3) is 0 Å². The van der Waals surface area contributed by atoms with Crippen LogP contribution in [0.25, 0.3) is 0 Å². The van der Waals surface area contributed by atoms with Crippen LogP contribution >= 0.6 is 0 Å². The van der Waals surface area contributed by atoms with E-state index in [1.807, 2.05) is 24.3 Å². The first kappa shape index (κ1) is 15.5. The summed E-state index contributed by atoms with van der Waals surface area (Å²) < 4.78 is 6.38. The predicted octanol–water partition coefficient (Wildman–Crippen LogP) is 1.68. The first-order valence-electron chi connectivity index (χ1n) is 6.60. The van der Waals surface area contributed by atoms with Crippen LogP contribution in [0.4, 0.5) is 5.69 Å². The summed E-state index contributed by atoms with van der Waals surface area (Å²) in [6.07, 6.45) is 2.35. The number of aromatic nitrogens is 2. The molecule has 1 unspecified atom stereocenters. The Balaban J connectivity index is 1.97. The number of hydrogen-bond donors (Lipinski definition) is 1. The van der Waals surface area contributed by atoms with Crippen LogP contribution in [0.3, 0.4) is 0 Å². The highest BCUT2D eigenvalue weighted by atomic mass is 16.6. The van der Waals surface area contributed by atoms with Crippen molar-refractivity contribution in [2.45, 2.75) is 19.5 Å². The number of rotatable bonds is 6. The van der Waals surface area contributed by atoms with Crippen LogP contribution in [0.1, 0.15) is 18.5 Å². The lowest BCUT2D eigenvalue weighted by Crippen LogP contribution is -2.30. The molecule has 1 heterocycles. The molecule has 1 aromatic heterocycles. The summed E-state index contributed by atoms with van der Waals surface area (Å²) in [7, 11) is 1.57. The van der Waals surface area contributed by atoms with Crippen LogP contribution in [0.2, 0.25) is 0 Å². The van der Waals surface area contributed by atoms with Crippen LogP contribution in [0.5, 0.6) is 5.75 Å². The van der Waals surface area contributed by atoms with E-state index in [1.54, 1.807) is 14.0 Å². The van der Waals surface area contributed by atoms with Gasteiger partial charge in [-0.25, -0.2) is 0 Å². The predicted molar refractivity (Wildman–Crippen MR) is 78.4 cm³/mol. The van der Waals surface area contributed by atoms with Crippen molar-refractivity contribution < 1.29 is 14.5 Å². The van der Waals surface area contributed by atoms with Crippen molar-refractivity contribution in [2.75, 3.05) is 7.11 Å². The molecular weight excluding hydrogens is 288 g/mol. The number of methoxy groups -OCH3 is 1. The molecule has 2 aromatic rings. The largest absolute Gasteiger partial charge is 0.497 e. The highest BCUT2D eigenvalue weighted by Crippen LogP contribution is 2.14. The maximum Gasteiger partial charge on any atom is 0.307 e. The van der Waals surface area contributed by atoms with Crippen molar-refractivity contribution in [3.63, 3.8) is 0 Å². The Morgan fingerprint density at radius 1 is 1.55 bits per heavy atom. The molecule has 0 aliphatic carbocycles. The maximum absolute atomic E-state index is 12.1. The monoisotopic (exact) mass is 304 g/mol. The minimum absolute atomic E-state index is 0.146. The number of benzene rings is 1. The van der Waals surface area contributed by atoms with E-state index in [0.29, 0.717) is 12.3 Å². The second kappa shape index (κ2) is 6.70. The summed E-state index contributed by atoms with van der Waals surface area (Å²) in [5.41, 5.74) is 0.749. The molecule has 116 valence electrons. The lowest BCUT2D eigenvalue weighted by atomic mass is 10.2. The third-order valence-corrected chi connectivity index (χ3v) is 3.18. The Labute approximate surface area is 126 Å². The van der Waals surface area contributed by atoms with Gasteiger partial charge >= 0.3 is 5.69 Å². The summed E-state index contributed by atoms with van der Waals surface area (Å²) in [6, 6.07) is 6.70. The van der Waals surface area contributed by atoms with Crippen LogP contribution in [-0.2, 0) is 11.3 Å². The first-order chi connectivity index (χ1) is 10.5. The third kappa shape index (κ3) is 3.60. The fourth-order valence-corrected chi connectivity index (χ4v) is 1.87. The zero-order chi connectivity index (χ0) is 16.1. The fraction of sp³-hybridized carbons (Fsp3) is 0.286. The molecular formula is C14H16N4O4. The number of carbonyl (C=O) groups is 1. The van der Waals surface area contributed by atoms with Crippen LogP contribution in [0.15, 0.2) is 36.7 Å². The molecule has 1 amide bonds. The average molecular weight is 304 g/mol. The van der Waals surface area contributed by atoms with E-state index in [2.05, 4.69) is 10.4 Å². The van der Waals surface area contributed by atoms with Gasteiger partial charge in [-0.3, -0.25) is 19.6 Å². The molecule has 0 bridgehead atoms. The summed E-state index contributed by atoms with van der Waals surface area (Å²) in [4.78, 5) is 22.1. The molecule has 8 nitrogen and oxygen atoms in total. The maximum atomic E-state index is 12.1. The fourth-order valence-electron chi connectivity index (χ4n) is 1.87. The number of amides is 1. The van der Waals surface area contributed by atoms with Gasteiger partial charge in [0.1, 0.15) is 24.2 Å². The van der Waals surface area contributed by atoms with Gasteiger partial charge in [0.2, 0.25) is 5.91 Å². The minimum Gasteiger partial charge on any atom is -0.497 e. The number of ether oxygens (including phenoxy) is 1. The Morgan fingerprint density at radius 3 is 2.95 bits per heavy atom. The van der Waals surface area contributed by atoms with Crippen LogP contribution in [0, 0.1) is 10.1 Å². The molecule has 22 heavy (non-hydrogen) atoms. The lowest BCUT2D eigenvalue weighted by Gasteiger charge is -2.12. The topological polar surface area (TPSA) is 99.3 Å². The Kier molecular flexibility index (Phi) is 4.72. The van der Waals surface area contributed by atoms with E-state index in [4.69, 9.17) is 4.74 Å². The lowest BCUT2D eigenvalue weighted by molar-refractivity contribution is -0.385. The van der Waals surface area contributed by atoms with Crippen molar-refractivity contribution in [3.05, 3.63) is 52.3 Å². The van der Waals surface area contributed by atoms with Crippen LogP contribution < -0.4 is 10.1 Å². The minimum atomic E-state index is -0.640. The molecule has 0 fully saturated rings. The van der Waals surface area contributed by atoms with Crippen molar-refractivity contribution >= 4 is 11.6 Å². The van der Waals surface area contributed by atoms with E-state index in [0.717, 1.165) is 11.8 Å². The number of nitrogens with zero attached hydrogens (tertiary/aromatic N) is 3. The zero-order valence-electron chi connectivity index (χ0n) is 12.2. The number of carbonyl (C=O) groups excluding carboxylic acids is 1. The van der Waals surface area contributed by atoms with Gasteiger partial charge in [-0.1, -0.05) is 12.1 Å². The molecule has 8 heteroatoms. The van der Waals surface area contributed by atoms with Crippen molar-refractivity contribution in [2.24, 2.45) is 0 Å². The van der Waals surface area contributed by atoms with Crippen molar-refractivity contribution in [1.82, 2.24) is 15.1 Å². The molecule has 0 aliphatic rings. The van der Waals surface area contributed by atoms with E-state index < -0.39 is 11.0 Å². The molecule has 1 aromatic carbocycles. The summed E-state index contributed by atoms with van der Waals surface area (Å²) in [5.74, 6) is 0.434. The number of hydrogen-bond acceptors (Lipinski definition) is 5. The molecule has 0 saturated heterocycles. The molecule has 2 rings (SSSR count). The van der Waals surface area contributed by atoms with Gasteiger partial charge in [-0.15, -0.1) is 0 Å². The first-order valence-corrected chi connectivity index (χ1v) is 6.60. The van der Waals surface area contributed by atoms with E-state index in [-0.39, 0.29) is 11.6 Å². The normalized spacial score (nSPS) is 11.7. The van der Waals surface area contributed by atoms with Gasteiger partial charge in [-0.05, 0) is 24.6 Å². The standard InChI is InChI=1S/C14H16N4O4/c1-10(17-9-12(8-16-17)18(20)21)14(19)15-7-11-4-3-5-13(6-11)22-2/h3-6,8-10H,7H2,1-2H3,(H,15,19). The second-order valence-electron chi connectivity index (χ2n) is 4.68. The van der Waals surface area contributed by atoms with Crippen LogP contribution in [-0.4, -0.2) is 27.7 Å². The zero-order valence-corrected chi connectivity index (χ0v) is 12.2. The van der Waals surface area contributed by atoms with Gasteiger partial charge in [0.15, 0.2) is 0 Å². The molecule has 1 atom stereocenters. The Bertz CT molecular complexity index is 683. The average Bonchev–Trinajstić information content (AvgIpc) is 3.02. The Hall–Kier alpha value is -2.90. The van der Waals surface area contributed by atoms with E-state index in [9.17, 15) is 14.9 Å². The molecule has 0 spiro atoms. The van der Waals surface area contributed by atoms with Gasteiger partial charge in [-0.2, -0.15) is 5.10 Å². The molecule has 0 aliphatic heterocycles. The molecule has 0 radical (unpaired) electrons. The quantitative estimate of drug-likeness (QED) is 0.646. The van der Waals surface area contributed by atoms with Gasteiger partial charge < -0.3 is 10.1 Å². The molecule has 0 saturated carbocycles. The van der Waals surface area contributed by atoms with Crippen molar-refractivity contribution in [3.8, 4) is 5.75 Å². The third-order valence-electron chi connectivity index (χ3n) is 3.18. The summed E-state index contributed by atoms with van der Waals surface area (Å²) in [5, 5.41) is 17.2. The van der Waals surface area contributed by atoms with E-state index in [1.165, 1.54) is 10.9 Å². The highest BCUT2D eigenvalue weighted by molar-refractivity contribution is 5.79. The smallest absolute Gasteiger partial charge is 0.307 e. The second-order valence-corrected chi connectivity index (χ2v) is 4.68. The number of nitrogens with one attached hydrogen (secondary N) is 1. The molecule has 1 N–H and O–H groups in total.